The average molecular weight is 275 g/mol. The summed E-state index contributed by atoms with van der Waals surface area (Å²) in [6, 6.07) is 11.3. The second-order valence-electron chi connectivity index (χ2n) is 4.22. The Kier molecular flexibility index (Phi) is 3.33. The minimum atomic E-state index is -0.416. The Bertz CT molecular complexity index is 602. The number of amides is 1. The number of carbonyl (C=O) groups is 1. The Morgan fingerprint density at radius 1 is 1.21 bits per heavy atom. The molecular weight excluding hydrogens is 262 g/mol. The smallest absolute Gasteiger partial charge is 0.248 e. The van der Waals surface area contributed by atoms with Crippen LogP contribution in [0.25, 0.3) is 10.4 Å². The topological polar surface area (TPSA) is 61.6 Å². The summed E-state index contributed by atoms with van der Waals surface area (Å²) in [5, 5.41) is 0. The number of rotatable bonds is 3. The molecule has 2 heterocycles. The maximum atomic E-state index is 11.2. The monoisotopic (exact) mass is 275 g/mol. The van der Waals surface area contributed by atoms with Crippen LogP contribution < -0.4 is 5.73 Å². The quantitative estimate of drug-likeness (QED) is 0.936. The summed E-state index contributed by atoms with van der Waals surface area (Å²) in [6.07, 6.45) is -0.252. The van der Waals surface area contributed by atoms with E-state index in [0.29, 0.717) is 18.8 Å². The van der Waals surface area contributed by atoms with Crippen molar-refractivity contribution in [2.45, 2.75) is 6.29 Å². The Morgan fingerprint density at radius 3 is 2.74 bits per heavy atom. The predicted molar refractivity (Wildman–Crippen MR) is 72.9 cm³/mol. The molecular formula is C14H13NO3S. The van der Waals surface area contributed by atoms with Crippen molar-refractivity contribution in [3.63, 3.8) is 0 Å². The van der Waals surface area contributed by atoms with Crippen molar-refractivity contribution in [1.82, 2.24) is 0 Å². The summed E-state index contributed by atoms with van der Waals surface area (Å²) in [5.41, 5.74) is 6.78. The normalized spacial score (nSPS) is 15.8. The van der Waals surface area contributed by atoms with Crippen LogP contribution in [0.15, 0.2) is 36.4 Å². The fraction of sp³-hybridized carbons (Fsp3) is 0.214. The molecule has 1 amide bonds. The number of thiophene rings is 1. The van der Waals surface area contributed by atoms with Crippen LogP contribution in [0, 0.1) is 0 Å². The molecule has 0 atom stereocenters. The summed E-state index contributed by atoms with van der Waals surface area (Å²) >= 11 is 1.60. The first kappa shape index (κ1) is 12.3. The largest absolute Gasteiger partial charge is 0.366 e. The zero-order chi connectivity index (χ0) is 13.2. The molecule has 1 aliphatic heterocycles. The van der Waals surface area contributed by atoms with Crippen LogP contribution in [0.4, 0.5) is 0 Å². The van der Waals surface area contributed by atoms with Crippen molar-refractivity contribution in [1.29, 1.82) is 0 Å². The first-order valence-electron chi connectivity index (χ1n) is 5.97. The Hall–Kier alpha value is -1.69. The van der Waals surface area contributed by atoms with Crippen molar-refractivity contribution in [3.05, 3.63) is 46.8 Å². The molecule has 1 saturated heterocycles. The van der Waals surface area contributed by atoms with Gasteiger partial charge in [0.25, 0.3) is 0 Å². The average Bonchev–Trinajstić information content (AvgIpc) is 3.09. The first-order valence-corrected chi connectivity index (χ1v) is 6.79. The number of benzene rings is 1. The molecule has 3 rings (SSSR count). The predicted octanol–water partition coefficient (Wildman–Crippen LogP) is 2.56. The van der Waals surface area contributed by atoms with Crippen LogP contribution in [0.1, 0.15) is 21.5 Å². The minimum absolute atomic E-state index is 0.252. The van der Waals surface area contributed by atoms with Crippen molar-refractivity contribution in [2.75, 3.05) is 13.2 Å². The lowest BCUT2D eigenvalue weighted by atomic mass is 10.1. The molecule has 2 N–H and O–H groups in total. The van der Waals surface area contributed by atoms with E-state index in [9.17, 15) is 4.79 Å². The van der Waals surface area contributed by atoms with Gasteiger partial charge in [-0.2, -0.15) is 0 Å². The standard InChI is InChI=1S/C14H13NO3S/c15-13(16)10-3-1-2-9(8-10)11-4-5-12(19-11)14-17-6-7-18-14/h1-5,8,14H,6-7H2,(H2,15,16). The zero-order valence-corrected chi connectivity index (χ0v) is 11.0. The highest BCUT2D eigenvalue weighted by Crippen LogP contribution is 2.34. The van der Waals surface area contributed by atoms with Gasteiger partial charge in [0.2, 0.25) is 5.91 Å². The fourth-order valence-corrected chi connectivity index (χ4v) is 2.99. The van der Waals surface area contributed by atoms with Gasteiger partial charge in [0.1, 0.15) is 0 Å². The van der Waals surface area contributed by atoms with Crippen molar-refractivity contribution >= 4 is 17.2 Å². The van der Waals surface area contributed by atoms with E-state index in [4.69, 9.17) is 15.2 Å². The van der Waals surface area contributed by atoms with Gasteiger partial charge in [0.05, 0.1) is 18.1 Å². The number of ether oxygens (including phenoxy) is 2. The van der Waals surface area contributed by atoms with Crippen molar-refractivity contribution in [2.24, 2.45) is 5.73 Å². The SMILES string of the molecule is NC(=O)c1cccc(-c2ccc(C3OCCO3)s2)c1. The zero-order valence-electron chi connectivity index (χ0n) is 10.2. The minimum Gasteiger partial charge on any atom is -0.366 e. The van der Waals surface area contributed by atoms with Gasteiger partial charge < -0.3 is 15.2 Å². The summed E-state index contributed by atoms with van der Waals surface area (Å²) < 4.78 is 10.9. The molecule has 0 saturated carbocycles. The summed E-state index contributed by atoms with van der Waals surface area (Å²) in [4.78, 5) is 13.3. The van der Waals surface area contributed by atoms with Gasteiger partial charge in [-0.3, -0.25) is 4.79 Å². The lowest BCUT2D eigenvalue weighted by Gasteiger charge is -2.05. The van der Waals surface area contributed by atoms with Gasteiger partial charge in [-0.05, 0) is 29.8 Å². The third kappa shape index (κ3) is 2.53. The third-order valence-corrected chi connectivity index (χ3v) is 4.07. The fourth-order valence-electron chi connectivity index (χ4n) is 1.98. The molecule has 2 aromatic rings. The number of nitrogens with two attached hydrogens (primary N) is 1. The van der Waals surface area contributed by atoms with E-state index >= 15 is 0 Å². The Labute approximate surface area is 114 Å². The molecule has 5 heteroatoms. The van der Waals surface area contributed by atoms with Gasteiger partial charge in [-0.15, -0.1) is 11.3 Å². The molecule has 0 spiro atoms. The first-order chi connectivity index (χ1) is 9.24. The summed E-state index contributed by atoms with van der Waals surface area (Å²) in [5.74, 6) is -0.416. The van der Waals surface area contributed by atoms with Crippen LogP contribution in [-0.4, -0.2) is 19.1 Å². The van der Waals surface area contributed by atoms with Gasteiger partial charge >= 0.3 is 0 Å². The van der Waals surface area contributed by atoms with Gasteiger partial charge in [0, 0.05) is 10.4 Å². The summed E-state index contributed by atoms with van der Waals surface area (Å²) in [7, 11) is 0. The molecule has 1 fully saturated rings. The lowest BCUT2D eigenvalue weighted by molar-refractivity contribution is -0.0413. The summed E-state index contributed by atoms with van der Waals surface area (Å²) in [6.45, 7) is 1.27. The molecule has 98 valence electrons. The van der Waals surface area contributed by atoms with Gasteiger partial charge in [-0.25, -0.2) is 0 Å². The van der Waals surface area contributed by atoms with E-state index in [1.807, 2.05) is 24.3 Å². The Morgan fingerprint density at radius 2 is 2.00 bits per heavy atom. The number of hydrogen-bond donors (Lipinski definition) is 1. The highest BCUT2D eigenvalue weighted by Gasteiger charge is 2.20. The van der Waals surface area contributed by atoms with E-state index in [0.717, 1.165) is 15.3 Å². The highest BCUT2D eigenvalue weighted by atomic mass is 32.1. The molecule has 0 bridgehead atoms. The maximum Gasteiger partial charge on any atom is 0.248 e. The second kappa shape index (κ2) is 5.13. The molecule has 1 aromatic heterocycles. The third-order valence-electron chi connectivity index (χ3n) is 2.91. The highest BCUT2D eigenvalue weighted by molar-refractivity contribution is 7.15. The van der Waals surface area contributed by atoms with Crippen LogP contribution in [0.5, 0.6) is 0 Å². The molecule has 0 aliphatic carbocycles. The van der Waals surface area contributed by atoms with Crippen LogP contribution >= 0.6 is 11.3 Å². The number of hydrogen-bond acceptors (Lipinski definition) is 4. The van der Waals surface area contributed by atoms with Crippen LogP contribution in [-0.2, 0) is 9.47 Å². The molecule has 1 aromatic carbocycles. The van der Waals surface area contributed by atoms with Crippen molar-refractivity contribution in [3.8, 4) is 10.4 Å². The van der Waals surface area contributed by atoms with E-state index < -0.39 is 5.91 Å². The second-order valence-corrected chi connectivity index (χ2v) is 5.34. The number of carbonyl (C=O) groups excluding carboxylic acids is 1. The van der Waals surface area contributed by atoms with Crippen LogP contribution in [0.2, 0.25) is 0 Å². The molecule has 0 unspecified atom stereocenters. The lowest BCUT2D eigenvalue weighted by Crippen LogP contribution is -2.10. The van der Waals surface area contributed by atoms with E-state index in [2.05, 4.69) is 0 Å². The van der Waals surface area contributed by atoms with Crippen molar-refractivity contribution < 1.29 is 14.3 Å². The van der Waals surface area contributed by atoms with E-state index in [1.165, 1.54) is 0 Å². The number of primary amides is 1. The van der Waals surface area contributed by atoms with Gasteiger partial charge in [0.15, 0.2) is 6.29 Å². The van der Waals surface area contributed by atoms with E-state index in [-0.39, 0.29) is 6.29 Å². The molecule has 4 nitrogen and oxygen atoms in total. The van der Waals surface area contributed by atoms with Gasteiger partial charge in [-0.1, -0.05) is 12.1 Å². The molecule has 19 heavy (non-hydrogen) atoms. The van der Waals surface area contributed by atoms with E-state index in [1.54, 1.807) is 23.5 Å². The van der Waals surface area contributed by atoms with Crippen LogP contribution in [0.3, 0.4) is 0 Å². The Balaban J connectivity index is 1.89. The molecule has 1 aliphatic rings. The maximum absolute atomic E-state index is 11.2. The molecule has 0 radical (unpaired) electrons.